The summed E-state index contributed by atoms with van der Waals surface area (Å²) in [5.74, 6) is 1.14. The minimum atomic E-state index is 0.561. The monoisotopic (exact) mass is 269 g/mol. The van der Waals surface area contributed by atoms with Crippen LogP contribution in [0.1, 0.15) is 26.7 Å². The van der Waals surface area contributed by atoms with E-state index in [9.17, 15) is 0 Å². The van der Waals surface area contributed by atoms with Crippen molar-refractivity contribution in [2.24, 2.45) is 16.6 Å². The molecular formula is C14H31N5. The fourth-order valence-electron chi connectivity index (χ4n) is 2.34. The fourth-order valence-corrected chi connectivity index (χ4v) is 2.34. The molecule has 0 atom stereocenters. The van der Waals surface area contributed by atoms with Crippen molar-refractivity contribution < 1.29 is 0 Å². The Morgan fingerprint density at radius 2 is 2.00 bits per heavy atom. The minimum Gasteiger partial charge on any atom is -0.370 e. The van der Waals surface area contributed by atoms with Crippen LogP contribution in [-0.2, 0) is 0 Å². The Balaban J connectivity index is 2.12. The van der Waals surface area contributed by atoms with Crippen LogP contribution >= 0.6 is 0 Å². The molecule has 1 fully saturated rings. The normalized spacial score (nSPS) is 19.4. The number of guanidine groups is 1. The summed E-state index contributed by atoms with van der Waals surface area (Å²) in [6.07, 6.45) is 2.54. The highest BCUT2D eigenvalue weighted by molar-refractivity contribution is 5.77. The van der Waals surface area contributed by atoms with Crippen molar-refractivity contribution in [2.45, 2.75) is 32.7 Å². The molecule has 19 heavy (non-hydrogen) atoms. The van der Waals surface area contributed by atoms with Gasteiger partial charge in [0, 0.05) is 25.7 Å². The van der Waals surface area contributed by atoms with E-state index in [2.05, 4.69) is 48.1 Å². The summed E-state index contributed by atoms with van der Waals surface area (Å²) in [6, 6.07) is 0.752. The van der Waals surface area contributed by atoms with E-state index in [0.29, 0.717) is 11.9 Å². The number of nitrogens with zero attached hydrogens (tertiary/aromatic N) is 3. The van der Waals surface area contributed by atoms with Gasteiger partial charge in [-0.1, -0.05) is 13.8 Å². The zero-order valence-electron chi connectivity index (χ0n) is 13.0. The van der Waals surface area contributed by atoms with Crippen LogP contribution in [0.4, 0.5) is 0 Å². The maximum atomic E-state index is 5.81. The average Bonchev–Trinajstić information content (AvgIpc) is 2.37. The molecule has 0 saturated carbocycles. The first-order chi connectivity index (χ1) is 8.99. The summed E-state index contributed by atoms with van der Waals surface area (Å²) in [5.41, 5.74) is 5.81. The zero-order valence-corrected chi connectivity index (χ0v) is 13.0. The molecule has 5 heteroatoms. The van der Waals surface area contributed by atoms with Gasteiger partial charge in [0.1, 0.15) is 0 Å². The first-order valence-electron chi connectivity index (χ1n) is 7.41. The van der Waals surface area contributed by atoms with Crippen LogP contribution in [0.15, 0.2) is 4.99 Å². The van der Waals surface area contributed by atoms with Crippen LogP contribution < -0.4 is 11.1 Å². The van der Waals surface area contributed by atoms with Gasteiger partial charge in [0.25, 0.3) is 0 Å². The van der Waals surface area contributed by atoms with Gasteiger partial charge in [-0.15, -0.1) is 0 Å². The molecule has 0 spiro atoms. The standard InChI is InChI=1S/C14H31N5/c1-12(2)11-17-14(15)16-7-10-19-8-5-13(6-9-19)18(3)4/h12-13H,5-11H2,1-4H3,(H3,15,16,17). The number of hydrogen-bond acceptors (Lipinski definition) is 3. The largest absolute Gasteiger partial charge is 0.370 e. The lowest BCUT2D eigenvalue weighted by Gasteiger charge is -2.35. The molecule has 0 aromatic heterocycles. The highest BCUT2D eigenvalue weighted by atomic mass is 15.2. The molecule has 1 saturated heterocycles. The van der Waals surface area contributed by atoms with Gasteiger partial charge in [0.05, 0.1) is 0 Å². The summed E-state index contributed by atoms with van der Waals surface area (Å²) < 4.78 is 0. The van der Waals surface area contributed by atoms with E-state index in [1.807, 2.05) is 0 Å². The predicted molar refractivity (Wildman–Crippen MR) is 82.5 cm³/mol. The van der Waals surface area contributed by atoms with Gasteiger partial charge in [0.15, 0.2) is 5.96 Å². The van der Waals surface area contributed by atoms with E-state index >= 15 is 0 Å². The number of nitrogens with two attached hydrogens (primary N) is 1. The SMILES string of the molecule is CC(C)CN=C(N)NCCN1CCC(N(C)C)CC1. The first-order valence-corrected chi connectivity index (χ1v) is 7.41. The molecule has 1 rings (SSSR count). The Morgan fingerprint density at radius 1 is 1.37 bits per heavy atom. The fraction of sp³-hybridized carbons (Fsp3) is 0.929. The molecule has 5 nitrogen and oxygen atoms in total. The predicted octanol–water partition coefficient (Wildman–Crippen LogP) is 0.573. The first kappa shape index (κ1) is 16.2. The van der Waals surface area contributed by atoms with Crippen LogP contribution in [-0.4, -0.2) is 68.6 Å². The summed E-state index contributed by atoms with van der Waals surface area (Å²) >= 11 is 0. The highest BCUT2D eigenvalue weighted by Crippen LogP contribution is 2.13. The lowest BCUT2D eigenvalue weighted by Crippen LogP contribution is -2.45. The third-order valence-corrected chi connectivity index (χ3v) is 3.65. The maximum Gasteiger partial charge on any atom is 0.188 e. The van der Waals surface area contributed by atoms with Gasteiger partial charge in [0.2, 0.25) is 0 Å². The Labute approximate surface area is 118 Å². The van der Waals surface area contributed by atoms with Gasteiger partial charge in [-0.2, -0.15) is 0 Å². The summed E-state index contributed by atoms with van der Waals surface area (Å²) in [6.45, 7) is 9.41. The van der Waals surface area contributed by atoms with Crippen LogP contribution in [0.5, 0.6) is 0 Å². The molecule has 0 bridgehead atoms. The third kappa shape index (κ3) is 6.78. The van der Waals surface area contributed by atoms with Gasteiger partial charge in [-0.25, -0.2) is 0 Å². The highest BCUT2D eigenvalue weighted by Gasteiger charge is 2.19. The van der Waals surface area contributed by atoms with Crippen molar-refractivity contribution in [2.75, 3.05) is 46.8 Å². The summed E-state index contributed by atoms with van der Waals surface area (Å²) in [4.78, 5) is 9.14. The number of hydrogen-bond donors (Lipinski definition) is 2. The number of aliphatic imine (C=N–C) groups is 1. The Hall–Kier alpha value is -0.810. The smallest absolute Gasteiger partial charge is 0.188 e. The molecule has 112 valence electrons. The Kier molecular flexibility index (Phi) is 7.16. The molecule has 3 N–H and O–H groups in total. The quantitative estimate of drug-likeness (QED) is 0.547. The third-order valence-electron chi connectivity index (χ3n) is 3.65. The molecule has 0 aromatic rings. The van der Waals surface area contributed by atoms with E-state index < -0.39 is 0 Å². The van der Waals surface area contributed by atoms with Crippen molar-refractivity contribution in [1.29, 1.82) is 0 Å². The Bertz CT molecular complexity index is 267. The van der Waals surface area contributed by atoms with Crippen LogP contribution in [0.3, 0.4) is 0 Å². The number of likely N-dealkylation sites (tertiary alicyclic amines) is 1. The molecule has 0 amide bonds. The van der Waals surface area contributed by atoms with Crippen molar-refractivity contribution in [3.8, 4) is 0 Å². The van der Waals surface area contributed by atoms with E-state index in [-0.39, 0.29) is 0 Å². The molecule has 0 aromatic carbocycles. The molecule has 0 aliphatic carbocycles. The van der Waals surface area contributed by atoms with E-state index in [4.69, 9.17) is 5.73 Å². The van der Waals surface area contributed by atoms with E-state index in [1.54, 1.807) is 0 Å². The second-order valence-electron chi connectivity index (χ2n) is 6.08. The maximum absolute atomic E-state index is 5.81. The second kappa shape index (κ2) is 8.38. The molecule has 1 heterocycles. The van der Waals surface area contributed by atoms with E-state index in [0.717, 1.165) is 25.7 Å². The molecule has 0 radical (unpaired) electrons. The number of piperidine rings is 1. The van der Waals surface area contributed by atoms with Crippen LogP contribution in [0, 0.1) is 5.92 Å². The minimum absolute atomic E-state index is 0.561. The zero-order chi connectivity index (χ0) is 14.3. The lowest BCUT2D eigenvalue weighted by atomic mass is 10.0. The molecular weight excluding hydrogens is 238 g/mol. The summed E-state index contributed by atoms with van der Waals surface area (Å²) in [5, 5.41) is 3.19. The van der Waals surface area contributed by atoms with Crippen molar-refractivity contribution in [3.05, 3.63) is 0 Å². The van der Waals surface area contributed by atoms with Crippen molar-refractivity contribution in [3.63, 3.8) is 0 Å². The number of nitrogens with one attached hydrogen (secondary N) is 1. The van der Waals surface area contributed by atoms with Crippen molar-refractivity contribution in [1.82, 2.24) is 15.1 Å². The van der Waals surface area contributed by atoms with Gasteiger partial charge in [-0.3, -0.25) is 4.99 Å². The van der Waals surface area contributed by atoms with Gasteiger partial charge in [-0.05, 0) is 45.9 Å². The van der Waals surface area contributed by atoms with Gasteiger partial charge >= 0.3 is 0 Å². The number of rotatable bonds is 6. The van der Waals surface area contributed by atoms with Crippen LogP contribution in [0.2, 0.25) is 0 Å². The van der Waals surface area contributed by atoms with Gasteiger partial charge < -0.3 is 20.9 Å². The summed E-state index contributed by atoms with van der Waals surface area (Å²) in [7, 11) is 4.35. The van der Waals surface area contributed by atoms with E-state index in [1.165, 1.54) is 25.9 Å². The Morgan fingerprint density at radius 3 is 2.53 bits per heavy atom. The van der Waals surface area contributed by atoms with Crippen molar-refractivity contribution >= 4 is 5.96 Å². The average molecular weight is 269 g/mol. The second-order valence-corrected chi connectivity index (χ2v) is 6.08. The molecule has 1 aliphatic heterocycles. The molecule has 0 unspecified atom stereocenters. The topological polar surface area (TPSA) is 56.9 Å². The van der Waals surface area contributed by atoms with Crippen LogP contribution in [0.25, 0.3) is 0 Å². The molecule has 1 aliphatic rings. The lowest BCUT2D eigenvalue weighted by molar-refractivity contribution is 0.147.